The molecule has 0 radical (unpaired) electrons. The first-order valence-electron chi connectivity index (χ1n) is 7.57. The van der Waals surface area contributed by atoms with Crippen LogP contribution in [0.2, 0.25) is 0 Å². The zero-order valence-corrected chi connectivity index (χ0v) is 14.3. The Morgan fingerprint density at radius 2 is 1.57 bits per heavy atom. The average molecular weight is 330 g/mol. The third kappa shape index (κ3) is 5.41. The van der Waals surface area contributed by atoms with Crippen molar-refractivity contribution >= 4 is 17.7 Å². The molecule has 0 aliphatic carbocycles. The summed E-state index contributed by atoms with van der Waals surface area (Å²) in [6.07, 6.45) is 2.92. The van der Waals surface area contributed by atoms with Crippen molar-refractivity contribution < 1.29 is 15.0 Å². The average Bonchev–Trinajstić information content (AvgIpc) is 2.52. The van der Waals surface area contributed by atoms with Gasteiger partial charge in [0.15, 0.2) is 0 Å². The number of thioether (sulfide) groups is 1. The van der Waals surface area contributed by atoms with Crippen LogP contribution in [0.5, 0.6) is 0 Å². The van der Waals surface area contributed by atoms with E-state index in [4.69, 9.17) is 5.11 Å². The molecule has 0 aromatic heterocycles. The monoisotopic (exact) mass is 330 g/mol. The smallest absolute Gasteiger partial charge is 0.306 e. The zero-order chi connectivity index (χ0) is 16.9. The van der Waals surface area contributed by atoms with Crippen molar-refractivity contribution in [2.75, 3.05) is 6.26 Å². The van der Waals surface area contributed by atoms with Crippen LogP contribution in [0.1, 0.15) is 25.3 Å². The maximum atomic E-state index is 10.7. The lowest BCUT2D eigenvalue weighted by Crippen LogP contribution is -2.28. The van der Waals surface area contributed by atoms with Crippen molar-refractivity contribution in [3.05, 3.63) is 54.1 Å². The summed E-state index contributed by atoms with van der Waals surface area (Å²) in [5, 5.41) is 18.8. The molecular weight excluding hydrogens is 308 g/mol. The highest BCUT2D eigenvalue weighted by molar-refractivity contribution is 7.98. The Bertz CT molecular complexity index is 645. The molecule has 23 heavy (non-hydrogen) atoms. The summed E-state index contributed by atoms with van der Waals surface area (Å²) in [6, 6.07) is 16.6. The Balaban J connectivity index is 2.00. The van der Waals surface area contributed by atoms with Crippen LogP contribution in [-0.4, -0.2) is 28.0 Å². The van der Waals surface area contributed by atoms with Gasteiger partial charge >= 0.3 is 5.97 Å². The topological polar surface area (TPSA) is 57.5 Å². The fourth-order valence-electron chi connectivity index (χ4n) is 2.48. The number of hydrogen-bond acceptors (Lipinski definition) is 3. The van der Waals surface area contributed by atoms with Gasteiger partial charge in [0.25, 0.3) is 0 Å². The molecule has 0 unspecified atom stereocenters. The van der Waals surface area contributed by atoms with Gasteiger partial charge in [0.2, 0.25) is 0 Å². The first-order chi connectivity index (χ1) is 10.9. The molecule has 0 heterocycles. The number of rotatable bonds is 7. The van der Waals surface area contributed by atoms with Gasteiger partial charge in [-0.15, -0.1) is 11.8 Å². The Hall–Kier alpha value is -1.78. The molecule has 0 amide bonds. The maximum absolute atomic E-state index is 10.7. The van der Waals surface area contributed by atoms with Gasteiger partial charge in [0, 0.05) is 4.90 Å². The van der Waals surface area contributed by atoms with Crippen LogP contribution >= 0.6 is 11.8 Å². The van der Waals surface area contributed by atoms with Crippen LogP contribution in [0.4, 0.5) is 0 Å². The van der Waals surface area contributed by atoms with Gasteiger partial charge in [-0.1, -0.05) is 36.4 Å². The van der Waals surface area contributed by atoms with E-state index in [2.05, 4.69) is 42.7 Å². The lowest BCUT2D eigenvalue weighted by Gasteiger charge is -2.20. The summed E-state index contributed by atoms with van der Waals surface area (Å²) in [5.74, 6) is -0.973. The van der Waals surface area contributed by atoms with E-state index in [1.807, 2.05) is 12.1 Å². The van der Waals surface area contributed by atoms with Gasteiger partial charge in [-0.3, -0.25) is 4.79 Å². The third-order valence-electron chi connectivity index (χ3n) is 3.86. The van der Waals surface area contributed by atoms with E-state index in [1.165, 1.54) is 10.5 Å². The van der Waals surface area contributed by atoms with E-state index in [0.29, 0.717) is 12.8 Å². The van der Waals surface area contributed by atoms with Crippen LogP contribution in [0.15, 0.2) is 53.4 Å². The second-order valence-electron chi connectivity index (χ2n) is 5.99. The molecule has 122 valence electrons. The van der Waals surface area contributed by atoms with Crippen molar-refractivity contribution in [2.45, 2.75) is 36.7 Å². The molecular formula is C19H22O3S. The molecule has 4 heteroatoms. The molecule has 2 rings (SSSR count). The molecule has 0 bridgehead atoms. The van der Waals surface area contributed by atoms with Crippen LogP contribution in [0, 0.1) is 0 Å². The lowest BCUT2D eigenvalue weighted by molar-refractivity contribution is -0.142. The largest absolute Gasteiger partial charge is 0.481 e. The number of benzene rings is 2. The number of aliphatic carboxylic acids is 1. The molecule has 0 saturated carbocycles. The van der Waals surface area contributed by atoms with E-state index in [-0.39, 0.29) is 6.42 Å². The molecule has 2 aromatic carbocycles. The quantitative estimate of drug-likeness (QED) is 0.746. The van der Waals surface area contributed by atoms with Crippen LogP contribution in [0.25, 0.3) is 11.1 Å². The van der Waals surface area contributed by atoms with Gasteiger partial charge in [0.05, 0.1) is 12.0 Å². The van der Waals surface area contributed by atoms with Crippen molar-refractivity contribution in [3.63, 3.8) is 0 Å². The summed E-state index contributed by atoms with van der Waals surface area (Å²) in [4.78, 5) is 12.0. The molecule has 0 fully saturated rings. The Labute approximate surface area is 141 Å². The minimum Gasteiger partial charge on any atom is -0.481 e. The van der Waals surface area contributed by atoms with E-state index in [1.54, 1.807) is 18.7 Å². The number of aryl methyl sites for hydroxylation is 1. The first kappa shape index (κ1) is 17.6. The lowest BCUT2D eigenvalue weighted by atomic mass is 9.93. The Kier molecular flexibility index (Phi) is 5.85. The fourth-order valence-corrected chi connectivity index (χ4v) is 2.88. The highest BCUT2D eigenvalue weighted by Crippen LogP contribution is 2.24. The predicted molar refractivity (Wildman–Crippen MR) is 94.9 cm³/mol. The highest BCUT2D eigenvalue weighted by Gasteiger charge is 2.23. The fraction of sp³-hybridized carbons (Fsp3) is 0.316. The number of carbonyl (C=O) groups is 1. The third-order valence-corrected chi connectivity index (χ3v) is 4.61. The van der Waals surface area contributed by atoms with Crippen molar-refractivity contribution in [1.29, 1.82) is 0 Å². The van der Waals surface area contributed by atoms with Crippen LogP contribution in [0.3, 0.4) is 0 Å². The molecule has 0 aliphatic rings. The summed E-state index contributed by atoms with van der Waals surface area (Å²) in [6.45, 7) is 1.57. The summed E-state index contributed by atoms with van der Waals surface area (Å²) < 4.78 is 0. The Morgan fingerprint density at radius 3 is 2.04 bits per heavy atom. The normalized spacial score (nSPS) is 13.5. The zero-order valence-electron chi connectivity index (χ0n) is 13.5. The van der Waals surface area contributed by atoms with E-state index < -0.39 is 11.6 Å². The number of aliphatic hydroxyl groups is 1. The van der Waals surface area contributed by atoms with E-state index >= 15 is 0 Å². The van der Waals surface area contributed by atoms with Gasteiger partial charge in [-0.25, -0.2) is 0 Å². The number of carboxylic acids is 1. The predicted octanol–water partition coefficient (Wildman–Crippen LogP) is 4.23. The first-order valence-corrected chi connectivity index (χ1v) is 8.80. The SMILES string of the molecule is CSc1ccc(-c2ccc(CC[C@@](C)(O)CC(=O)O)cc2)cc1. The molecule has 1 atom stereocenters. The molecule has 0 saturated heterocycles. The van der Waals surface area contributed by atoms with Crippen molar-refractivity contribution in [1.82, 2.24) is 0 Å². The Morgan fingerprint density at radius 1 is 1.04 bits per heavy atom. The molecule has 0 aliphatic heterocycles. The van der Waals surface area contributed by atoms with Crippen LogP contribution < -0.4 is 0 Å². The molecule has 2 aromatic rings. The second kappa shape index (κ2) is 7.66. The number of hydrogen-bond donors (Lipinski definition) is 2. The van der Waals surface area contributed by atoms with E-state index in [0.717, 1.165) is 11.1 Å². The maximum Gasteiger partial charge on any atom is 0.306 e. The highest BCUT2D eigenvalue weighted by atomic mass is 32.2. The van der Waals surface area contributed by atoms with Gasteiger partial charge in [-0.2, -0.15) is 0 Å². The molecule has 0 spiro atoms. The van der Waals surface area contributed by atoms with Gasteiger partial charge in [-0.05, 0) is 54.8 Å². The summed E-state index contributed by atoms with van der Waals surface area (Å²) in [7, 11) is 0. The van der Waals surface area contributed by atoms with Crippen molar-refractivity contribution in [3.8, 4) is 11.1 Å². The van der Waals surface area contributed by atoms with Crippen LogP contribution in [-0.2, 0) is 11.2 Å². The molecule has 2 N–H and O–H groups in total. The van der Waals surface area contributed by atoms with Gasteiger partial charge < -0.3 is 10.2 Å². The molecule has 3 nitrogen and oxygen atoms in total. The summed E-state index contributed by atoms with van der Waals surface area (Å²) >= 11 is 1.72. The number of carboxylic acid groups (broad SMARTS) is 1. The van der Waals surface area contributed by atoms with Gasteiger partial charge in [0.1, 0.15) is 0 Å². The minimum absolute atomic E-state index is 0.229. The summed E-state index contributed by atoms with van der Waals surface area (Å²) in [5.41, 5.74) is 2.25. The van der Waals surface area contributed by atoms with E-state index in [9.17, 15) is 9.90 Å². The van der Waals surface area contributed by atoms with Crippen molar-refractivity contribution in [2.24, 2.45) is 0 Å². The standard InChI is InChI=1S/C19H22O3S/c1-19(22,13-18(20)21)12-11-14-3-5-15(6-4-14)16-7-9-17(23-2)10-8-16/h3-10,22H,11-13H2,1-2H3,(H,20,21)/t19-/m1/s1. The minimum atomic E-state index is -1.17. The second-order valence-corrected chi connectivity index (χ2v) is 6.87.